The smallest absolute Gasteiger partial charge is 0.319 e. The first-order chi connectivity index (χ1) is 19.4. The highest BCUT2D eigenvalue weighted by atomic mass is 19.1. The lowest BCUT2D eigenvalue weighted by Crippen LogP contribution is -2.35. The Morgan fingerprint density at radius 2 is 1.82 bits per heavy atom. The van der Waals surface area contributed by atoms with Crippen LogP contribution in [0.2, 0.25) is 0 Å². The van der Waals surface area contributed by atoms with Crippen LogP contribution in [-0.2, 0) is 6.54 Å². The summed E-state index contributed by atoms with van der Waals surface area (Å²) < 4.78 is 14.9. The highest BCUT2D eigenvalue weighted by molar-refractivity contribution is 5.99. The summed E-state index contributed by atoms with van der Waals surface area (Å²) in [6, 6.07) is 10.7. The molecule has 1 aromatic carbocycles. The number of amides is 3. The van der Waals surface area contributed by atoms with Gasteiger partial charge < -0.3 is 31.9 Å². The predicted octanol–water partition coefficient (Wildman–Crippen LogP) is 4.22. The van der Waals surface area contributed by atoms with Gasteiger partial charge in [0.15, 0.2) is 0 Å². The zero-order valence-electron chi connectivity index (χ0n) is 22.8. The zero-order chi connectivity index (χ0) is 28.3. The quantitative estimate of drug-likeness (QED) is 0.256. The Bertz CT molecular complexity index is 1290. The maximum absolute atomic E-state index is 14.9. The molecule has 6 N–H and O–H groups in total. The molecule has 0 saturated carbocycles. The number of rotatable bonds is 10. The molecule has 0 unspecified atom stereocenters. The molecule has 0 aliphatic carbocycles. The minimum absolute atomic E-state index is 0.0315. The van der Waals surface area contributed by atoms with Gasteiger partial charge in [0.2, 0.25) is 0 Å². The number of nitrogens with one attached hydrogen (secondary N) is 4. The molecule has 3 amide bonds. The number of carbonyl (C=O) groups excluding carboxylic acids is 2. The van der Waals surface area contributed by atoms with E-state index in [-0.39, 0.29) is 18.1 Å². The molecule has 3 heterocycles. The molecule has 1 saturated heterocycles. The van der Waals surface area contributed by atoms with Crippen LogP contribution in [0.5, 0.6) is 0 Å². The van der Waals surface area contributed by atoms with Crippen LogP contribution in [0.4, 0.5) is 26.5 Å². The molecule has 0 radical (unpaired) electrons. The van der Waals surface area contributed by atoms with E-state index in [2.05, 4.69) is 36.1 Å². The van der Waals surface area contributed by atoms with Crippen molar-refractivity contribution in [1.82, 2.24) is 25.5 Å². The lowest BCUT2D eigenvalue weighted by Gasteiger charge is -2.20. The molecule has 1 aliphatic rings. The number of likely N-dealkylation sites (tertiary alicyclic amines) is 1. The van der Waals surface area contributed by atoms with Crippen molar-refractivity contribution in [3.05, 3.63) is 65.6 Å². The molecule has 3 aromatic rings. The third kappa shape index (κ3) is 8.12. The van der Waals surface area contributed by atoms with E-state index in [1.807, 2.05) is 6.92 Å². The Morgan fingerprint density at radius 3 is 2.52 bits per heavy atom. The highest BCUT2D eigenvalue weighted by Gasteiger charge is 2.16. The predicted molar refractivity (Wildman–Crippen MR) is 156 cm³/mol. The van der Waals surface area contributed by atoms with Crippen molar-refractivity contribution >= 4 is 29.3 Å². The Hall–Kier alpha value is -4.25. The van der Waals surface area contributed by atoms with Crippen LogP contribution < -0.4 is 27.0 Å². The zero-order valence-corrected chi connectivity index (χ0v) is 22.8. The minimum atomic E-state index is -0.607. The van der Waals surface area contributed by atoms with Crippen molar-refractivity contribution < 1.29 is 14.0 Å². The number of urea groups is 1. The number of nitrogens with zero attached hydrogens (tertiary/aromatic N) is 3. The summed E-state index contributed by atoms with van der Waals surface area (Å²) in [5, 5.41) is 11.3. The van der Waals surface area contributed by atoms with Crippen LogP contribution in [0.25, 0.3) is 11.3 Å². The van der Waals surface area contributed by atoms with E-state index in [1.54, 1.807) is 36.5 Å². The minimum Gasteiger partial charge on any atom is -0.384 e. The molecule has 4 rings (SSSR count). The molecule has 0 spiro atoms. The van der Waals surface area contributed by atoms with Gasteiger partial charge in [-0.05, 0) is 68.8 Å². The monoisotopic (exact) mass is 548 g/mol. The topological polar surface area (TPSA) is 137 Å². The molecular formula is C29H37FN8O2. The van der Waals surface area contributed by atoms with E-state index >= 15 is 0 Å². The van der Waals surface area contributed by atoms with E-state index in [0.717, 1.165) is 25.2 Å². The Morgan fingerprint density at radius 1 is 1.02 bits per heavy atom. The maximum atomic E-state index is 14.9. The molecule has 212 valence electrons. The number of nitrogen functional groups attached to an aromatic ring is 1. The SMILES string of the molecule is CCNc1nc(-c2ccc(NC(=O)NCc3ccc(N)nc3)c(F)c2)ccc1C(=O)NCCN1CCCCCC1. The number of benzene rings is 1. The second-order valence-corrected chi connectivity index (χ2v) is 9.73. The van der Waals surface area contributed by atoms with E-state index in [1.165, 1.54) is 37.8 Å². The standard InChI is InChI=1S/C29H37FN8O2/c1-2-32-27-22(28(39)33-13-16-38-14-5-3-4-6-15-38)9-11-24(36-27)21-8-10-25(23(30)17-21)37-29(40)35-19-20-7-12-26(31)34-18-20/h7-12,17-18H,2-6,13-16,19H2,1H3,(H2,31,34)(H,32,36)(H,33,39)(H2,35,37,40). The van der Waals surface area contributed by atoms with Crippen LogP contribution in [0.3, 0.4) is 0 Å². The molecule has 11 heteroatoms. The lowest BCUT2D eigenvalue weighted by molar-refractivity contribution is 0.0949. The molecule has 0 atom stereocenters. The fraction of sp³-hybridized carbons (Fsp3) is 0.379. The number of hydrogen-bond acceptors (Lipinski definition) is 7. The summed E-state index contributed by atoms with van der Waals surface area (Å²) in [4.78, 5) is 36.2. The Balaban J connectivity index is 1.37. The fourth-order valence-electron chi connectivity index (χ4n) is 4.55. The van der Waals surface area contributed by atoms with Gasteiger partial charge in [0.1, 0.15) is 17.5 Å². The molecule has 1 aliphatic heterocycles. The van der Waals surface area contributed by atoms with Crippen molar-refractivity contribution in [3.8, 4) is 11.3 Å². The number of halogens is 1. The number of carbonyl (C=O) groups is 2. The maximum Gasteiger partial charge on any atom is 0.319 e. The summed E-state index contributed by atoms with van der Waals surface area (Å²) in [5.41, 5.74) is 7.82. The average Bonchev–Trinajstić information content (AvgIpc) is 3.23. The van der Waals surface area contributed by atoms with E-state index in [9.17, 15) is 14.0 Å². The summed E-state index contributed by atoms with van der Waals surface area (Å²) in [7, 11) is 0. The molecule has 2 aromatic heterocycles. The number of anilines is 3. The molecule has 40 heavy (non-hydrogen) atoms. The normalized spacial score (nSPS) is 13.8. The van der Waals surface area contributed by atoms with Crippen LogP contribution in [-0.4, -0.2) is 59.5 Å². The molecule has 1 fully saturated rings. The van der Waals surface area contributed by atoms with Crippen LogP contribution in [0.1, 0.15) is 48.5 Å². The number of pyridine rings is 2. The van der Waals surface area contributed by atoms with Gasteiger partial charge in [0, 0.05) is 37.9 Å². The molecular weight excluding hydrogens is 511 g/mol. The van der Waals surface area contributed by atoms with Gasteiger partial charge in [-0.15, -0.1) is 0 Å². The Labute approximate surface area is 234 Å². The van der Waals surface area contributed by atoms with Crippen LogP contribution >= 0.6 is 0 Å². The Kier molecular flexibility index (Phi) is 10.2. The van der Waals surface area contributed by atoms with Gasteiger partial charge in [0.05, 0.1) is 16.9 Å². The van der Waals surface area contributed by atoms with E-state index in [0.29, 0.717) is 41.5 Å². The van der Waals surface area contributed by atoms with Crippen molar-refractivity contribution in [3.63, 3.8) is 0 Å². The largest absolute Gasteiger partial charge is 0.384 e. The average molecular weight is 549 g/mol. The van der Waals surface area contributed by atoms with Crippen LogP contribution in [0, 0.1) is 5.82 Å². The molecule has 0 bridgehead atoms. The van der Waals surface area contributed by atoms with Gasteiger partial charge in [0.25, 0.3) is 5.91 Å². The third-order valence-corrected chi connectivity index (χ3v) is 6.71. The van der Waals surface area contributed by atoms with E-state index < -0.39 is 11.8 Å². The second kappa shape index (κ2) is 14.2. The van der Waals surface area contributed by atoms with Gasteiger partial charge in [-0.25, -0.2) is 19.2 Å². The highest BCUT2D eigenvalue weighted by Crippen LogP contribution is 2.26. The van der Waals surface area contributed by atoms with E-state index in [4.69, 9.17) is 5.73 Å². The van der Waals surface area contributed by atoms with Crippen LogP contribution in [0.15, 0.2) is 48.7 Å². The van der Waals surface area contributed by atoms with Gasteiger partial charge in [-0.2, -0.15) is 0 Å². The van der Waals surface area contributed by atoms with Gasteiger partial charge >= 0.3 is 6.03 Å². The van der Waals surface area contributed by atoms with Crippen molar-refractivity contribution in [2.75, 3.05) is 49.1 Å². The second-order valence-electron chi connectivity index (χ2n) is 9.73. The lowest BCUT2D eigenvalue weighted by atomic mass is 10.1. The summed E-state index contributed by atoms with van der Waals surface area (Å²) >= 11 is 0. The van der Waals surface area contributed by atoms with Crippen molar-refractivity contribution in [2.24, 2.45) is 0 Å². The van der Waals surface area contributed by atoms with Gasteiger partial charge in [-0.1, -0.05) is 25.0 Å². The number of hydrogen-bond donors (Lipinski definition) is 5. The first-order valence-corrected chi connectivity index (χ1v) is 13.7. The fourth-order valence-corrected chi connectivity index (χ4v) is 4.55. The van der Waals surface area contributed by atoms with Crippen molar-refractivity contribution in [2.45, 2.75) is 39.2 Å². The van der Waals surface area contributed by atoms with Gasteiger partial charge in [-0.3, -0.25) is 4.79 Å². The first-order valence-electron chi connectivity index (χ1n) is 13.7. The summed E-state index contributed by atoms with van der Waals surface area (Å²) in [6.07, 6.45) is 6.52. The summed E-state index contributed by atoms with van der Waals surface area (Å²) in [6.45, 7) is 6.25. The number of nitrogens with two attached hydrogens (primary N) is 1. The number of aromatic nitrogens is 2. The molecule has 10 nitrogen and oxygen atoms in total. The first kappa shape index (κ1) is 28.8. The van der Waals surface area contributed by atoms with Crippen molar-refractivity contribution in [1.29, 1.82) is 0 Å². The third-order valence-electron chi connectivity index (χ3n) is 6.71. The summed E-state index contributed by atoms with van der Waals surface area (Å²) in [5.74, 6) is 0.0190.